The molecule has 1 aromatic carbocycles. The van der Waals surface area contributed by atoms with Crippen molar-refractivity contribution in [1.29, 1.82) is 0 Å². The highest BCUT2D eigenvalue weighted by Gasteiger charge is 2.19. The second-order valence-electron chi connectivity index (χ2n) is 6.32. The summed E-state index contributed by atoms with van der Waals surface area (Å²) < 4.78 is 8.92. The van der Waals surface area contributed by atoms with E-state index in [0.29, 0.717) is 11.2 Å². The van der Waals surface area contributed by atoms with Gasteiger partial charge in [0.1, 0.15) is 5.82 Å². The van der Waals surface area contributed by atoms with Crippen molar-refractivity contribution >= 4 is 11.4 Å². The summed E-state index contributed by atoms with van der Waals surface area (Å²) in [6.07, 6.45) is 8.37. The number of carbonyl (C=O) groups excluding carboxylic acids is 1. The van der Waals surface area contributed by atoms with Crippen LogP contribution in [0, 0.1) is 6.92 Å². The molecule has 0 aliphatic heterocycles. The Balaban J connectivity index is 1.63. The average molecular weight is 369 g/mol. The highest BCUT2D eigenvalue weighted by molar-refractivity contribution is 6.10. The Morgan fingerprint density at radius 3 is 2.79 bits per heavy atom. The Hall–Kier alpha value is -4.00. The molecule has 4 aromatic heterocycles. The smallest absolute Gasteiger partial charge is 0.233 e. The molecular weight excluding hydrogens is 354 g/mol. The van der Waals surface area contributed by atoms with Gasteiger partial charge in [-0.3, -0.25) is 4.79 Å². The number of hydrogen-bond acceptors (Lipinski definition) is 5. The molecule has 28 heavy (non-hydrogen) atoms. The van der Waals surface area contributed by atoms with Gasteiger partial charge in [0.15, 0.2) is 11.4 Å². The molecule has 0 atom stereocenters. The van der Waals surface area contributed by atoms with E-state index < -0.39 is 0 Å². The summed E-state index contributed by atoms with van der Waals surface area (Å²) in [6.45, 7) is 1.96. The fraction of sp³-hybridized carbons (Fsp3) is 0.0476. The van der Waals surface area contributed by atoms with Crippen LogP contribution in [0.1, 0.15) is 21.9 Å². The largest absolute Gasteiger partial charge is 0.461 e. The molecule has 0 aliphatic carbocycles. The number of aromatic nitrogens is 5. The predicted molar refractivity (Wildman–Crippen MR) is 102 cm³/mol. The summed E-state index contributed by atoms with van der Waals surface area (Å²) in [4.78, 5) is 21.3. The van der Waals surface area contributed by atoms with Crippen molar-refractivity contribution in [2.75, 3.05) is 0 Å². The predicted octanol–water partition coefficient (Wildman–Crippen LogP) is 3.71. The van der Waals surface area contributed by atoms with Gasteiger partial charge in [-0.1, -0.05) is 12.1 Å². The minimum Gasteiger partial charge on any atom is -0.461 e. The second kappa shape index (κ2) is 6.31. The number of nitrogens with zero attached hydrogens (tertiary/aromatic N) is 5. The zero-order valence-electron chi connectivity index (χ0n) is 15.0. The van der Waals surface area contributed by atoms with Crippen LogP contribution in [0.2, 0.25) is 0 Å². The highest BCUT2D eigenvalue weighted by atomic mass is 16.3. The lowest BCUT2D eigenvalue weighted by Crippen LogP contribution is -2.02. The van der Waals surface area contributed by atoms with Crippen molar-refractivity contribution in [1.82, 2.24) is 24.1 Å². The van der Waals surface area contributed by atoms with Crippen LogP contribution >= 0.6 is 0 Å². The maximum Gasteiger partial charge on any atom is 0.233 e. The molecule has 5 aromatic rings. The molecule has 0 saturated carbocycles. The summed E-state index contributed by atoms with van der Waals surface area (Å²) in [7, 11) is 0. The van der Waals surface area contributed by atoms with Crippen molar-refractivity contribution in [3.05, 3.63) is 90.7 Å². The van der Waals surface area contributed by atoms with Crippen molar-refractivity contribution < 1.29 is 9.21 Å². The third kappa shape index (κ3) is 2.52. The van der Waals surface area contributed by atoms with Gasteiger partial charge in [-0.15, -0.1) is 0 Å². The van der Waals surface area contributed by atoms with Gasteiger partial charge in [0, 0.05) is 29.8 Å². The molecule has 0 bridgehead atoms. The van der Waals surface area contributed by atoms with Crippen LogP contribution in [-0.4, -0.2) is 29.9 Å². The third-order valence-corrected chi connectivity index (χ3v) is 4.64. The number of ketones is 1. The third-order valence-electron chi connectivity index (χ3n) is 4.64. The normalized spacial score (nSPS) is 11.2. The molecule has 7 nitrogen and oxygen atoms in total. The van der Waals surface area contributed by atoms with Gasteiger partial charge in [0.25, 0.3) is 0 Å². The topological polar surface area (TPSA) is 78.2 Å². The molecule has 0 amide bonds. The van der Waals surface area contributed by atoms with Gasteiger partial charge in [-0.05, 0) is 37.3 Å². The first kappa shape index (κ1) is 16.2. The van der Waals surface area contributed by atoms with E-state index in [1.165, 1.54) is 12.5 Å². The minimum absolute atomic E-state index is 0.243. The molecule has 136 valence electrons. The molecule has 0 saturated heterocycles. The van der Waals surface area contributed by atoms with Crippen LogP contribution < -0.4 is 0 Å². The molecule has 0 spiro atoms. The van der Waals surface area contributed by atoms with Gasteiger partial charge in [-0.25, -0.2) is 14.5 Å². The van der Waals surface area contributed by atoms with Crippen LogP contribution in [0.3, 0.4) is 0 Å². The molecule has 0 aliphatic rings. The van der Waals surface area contributed by atoms with E-state index in [9.17, 15) is 4.79 Å². The van der Waals surface area contributed by atoms with Gasteiger partial charge in [-0.2, -0.15) is 5.10 Å². The van der Waals surface area contributed by atoms with E-state index in [0.717, 1.165) is 22.8 Å². The Labute approximate surface area is 159 Å². The van der Waals surface area contributed by atoms with Crippen LogP contribution in [-0.2, 0) is 0 Å². The van der Waals surface area contributed by atoms with Crippen LogP contribution in [0.4, 0.5) is 0 Å². The second-order valence-corrected chi connectivity index (χ2v) is 6.32. The van der Waals surface area contributed by atoms with E-state index in [1.807, 2.05) is 42.0 Å². The van der Waals surface area contributed by atoms with Gasteiger partial charge >= 0.3 is 0 Å². The molecular formula is C21H15N5O2. The van der Waals surface area contributed by atoms with E-state index in [-0.39, 0.29) is 11.5 Å². The first-order valence-electron chi connectivity index (χ1n) is 8.74. The van der Waals surface area contributed by atoms with Crippen LogP contribution in [0.5, 0.6) is 0 Å². The number of rotatable bonds is 4. The molecule has 4 heterocycles. The molecule has 7 heteroatoms. The molecule has 0 N–H and O–H groups in total. The van der Waals surface area contributed by atoms with Crippen molar-refractivity contribution in [2.24, 2.45) is 0 Å². The van der Waals surface area contributed by atoms with E-state index in [1.54, 1.807) is 29.0 Å². The van der Waals surface area contributed by atoms with Gasteiger partial charge in [0.2, 0.25) is 5.78 Å². The Bertz CT molecular complexity index is 1300. The standard InChI is InChI=1S/C21H15N5O2/c1-14-22-9-10-25(14)16-5-2-4-15(12-16)18-7-8-23-21-17(13-24-26(18)21)20(27)19-6-3-11-28-19/h2-13H,1H3. The van der Waals surface area contributed by atoms with E-state index in [2.05, 4.69) is 21.1 Å². The first-order valence-corrected chi connectivity index (χ1v) is 8.74. The lowest BCUT2D eigenvalue weighted by Gasteiger charge is -2.09. The van der Waals surface area contributed by atoms with Gasteiger partial charge in [0.05, 0.1) is 23.7 Å². The zero-order valence-corrected chi connectivity index (χ0v) is 15.0. The molecule has 0 fully saturated rings. The van der Waals surface area contributed by atoms with E-state index >= 15 is 0 Å². The quantitative estimate of drug-likeness (QED) is 0.451. The fourth-order valence-electron chi connectivity index (χ4n) is 3.28. The average Bonchev–Trinajstić information content (AvgIpc) is 3.47. The van der Waals surface area contributed by atoms with Gasteiger partial charge < -0.3 is 8.98 Å². The number of imidazole rings is 1. The first-order chi connectivity index (χ1) is 13.7. The van der Waals surface area contributed by atoms with Crippen LogP contribution in [0.25, 0.3) is 22.6 Å². The number of carbonyl (C=O) groups is 1. The minimum atomic E-state index is -0.243. The fourth-order valence-corrected chi connectivity index (χ4v) is 3.28. The number of aryl methyl sites for hydroxylation is 1. The highest BCUT2D eigenvalue weighted by Crippen LogP contribution is 2.24. The maximum absolute atomic E-state index is 12.7. The number of furan rings is 1. The maximum atomic E-state index is 12.7. The summed E-state index contributed by atoms with van der Waals surface area (Å²) in [5.41, 5.74) is 3.68. The lowest BCUT2D eigenvalue weighted by atomic mass is 10.1. The SMILES string of the molecule is Cc1nccn1-c1cccc(-c2ccnc3c(C(=O)c4ccco4)cnn23)c1. The number of fused-ring (bicyclic) bond motifs is 1. The molecule has 0 radical (unpaired) electrons. The monoisotopic (exact) mass is 369 g/mol. The Morgan fingerprint density at radius 1 is 1.07 bits per heavy atom. The number of hydrogen-bond donors (Lipinski definition) is 0. The zero-order chi connectivity index (χ0) is 19.1. The Kier molecular flexibility index (Phi) is 3.65. The summed E-state index contributed by atoms with van der Waals surface area (Å²) in [5.74, 6) is 0.926. The summed E-state index contributed by atoms with van der Waals surface area (Å²) >= 11 is 0. The molecule has 0 unspecified atom stereocenters. The van der Waals surface area contributed by atoms with E-state index in [4.69, 9.17) is 4.42 Å². The lowest BCUT2D eigenvalue weighted by molar-refractivity contribution is 0.101. The van der Waals surface area contributed by atoms with Crippen molar-refractivity contribution in [3.8, 4) is 16.9 Å². The summed E-state index contributed by atoms with van der Waals surface area (Å²) in [5, 5.41) is 4.41. The van der Waals surface area contributed by atoms with Crippen LogP contribution in [0.15, 0.2) is 77.9 Å². The summed E-state index contributed by atoms with van der Waals surface area (Å²) in [6, 6.07) is 13.2. The Morgan fingerprint density at radius 2 is 2.00 bits per heavy atom. The van der Waals surface area contributed by atoms with Crippen molar-refractivity contribution in [3.63, 3.8) is 0 Å². The number of benzene rings is 1. The molecule has 5 rings (SSSR count). The van der Waals surface area contributed by atoms with Crippen molar-refractivity contribution in [2.45, 2.75) is 6.92 Å².